The van der Waals surface area contributed by atoms with Crippen molar-refractivity contribution in [3.8, 4) is 24.3 Å². The molecule has 0 saturated carbocycles. The highest BCUT2D eigenvalue weighted by Gasteiger charge is 2.18. The van der Waals surface area contributed by atoms with Gasteiger partial charge in [-0.15, -0.1) is 0 Å². The number of nitrogens with one attached hydrogen (secondary N) is 1. The van der Waals surface area contributed by atoms with Crippen molar-refractivity contribution in [3.05, 3.63) is 36.8 Å². The van der Waals surface area contributed by atoms with Gasteiger partial charge in [0.05, 0.1) is 10.2 Å². The molecule has 20 heavy (non-hydrogen) atoms. The fraction of sp³-hybridized carbons (Fsp3) is 0. The molecule has 0 atom stereocenters. The number of nitrogens with zero attached hydrogens (tertiary/aromatic N) is 4. The summed E-state index contributed by atoms with van der Waals surface area (Å²) < 4.78 is 14.4. The number of halogens is 3. The first-order valence-corrected chi connectivity index (χ1v) is 6.66. The van der Waals surface area contributed by atoms with Gasteiger partial charge < -0.3 is 5.32 Å². The summed E-state index contributed by atoms with van der Waals surface area (Å²) in [6.07, 6.45) is 0. The Balaban J connectivity index is 3.54. The second-order valence-electron chi connectivity index (χ2n) is 3.23. The number of hydrogen-bond donors (Lipinski definition) is 1. The third kappa shape index (κ3) is 3.05. The molecule has 0 spiro atoms. The summed E-state index contributed by atoms with van der Waals surface area (Å²) in [6.45, 7) is 0. The van der Waals surface area contributed by atoms with E-state index in [1.807, 2.05) is 22.6 Å². The molecule has 0 unspecified atom stereocenters. The lowest BCUT2D eigenvalue weighted by Gasteiger charge is -2.11. The molecule has 1 N–H and O–H groups in total. The molecule has 0 amide bonds. The molecule has 96 valence electrons. The van der Waals surface area contributed by atoms with E-state index in [4.69, 9.17) is 21.0 Å². The fourth-order valence-corrected chi connectivity index (χ4v) is 2.80. The van der Waals surface area contributed by atoms with Gasteiger partial charge in [0, 0.05) is 3.57 Å². The van der Waals surface area contributed by atoms with Crippen molar-refractivity contribution >= 4 is 44.2 Å². The van der Waals surface area contributed by atoms with E-state index >= 15 is 0 Å². The highest BCUT2D eigenvalue weighted by Crippen LogP contribution is 2.31. The Labute approximate surface area is 135 Å². The maximum Gasteiger partial charge on any atom is 0.163 e. The molecule has 0 fully saturated rings. The smallest absolute Gasteiger partial charge is 0.163 e. The Morgan fingerprint density at radius 3 is 2.25 bits per heavy atom. The van der Waals surface area contributed by atoms with Gasteiger partial charge in [0.1, 0.15) is 35.5 Å². The zero-order chi connectivity index (χ0) is 15.3. The second kappa shape index (κ2) is 6.86. The van der Waals surface area contributed by atoms with Crippen LogP contribution in [0.25, 0.3) is 0 Å². The predicted octanol–water partition coefficient (Wildman–Crippen LogP) is 3.30. The van der Waals surface area contributed by atoms with E-state index in [0.29, 0.717) is 3.57 Å². The maximum atomic E-state index is 13.8. The van der Waals surface area contributed by atoms with Crippen LogP contribution in [-0.2, 0) is 0 Å². The van der Waals surface area contributed by atoms with Gasteiger partial charge in [0.2, 0.25) is 0 Å². The van der Waals surface area contributed by atoms with Gasteiger partial charge in [0.15, 0.2) is 11.4 Å². The minimum absolute atomic E-state index is 0.0355. The van der Waals surface area contributed by atoms with Crippen LogP contribution in [0, 0.1) is 54.7 Å². The predicted molar refractivity (Wildman–Crippen MR) is 79.0 cm³/mol. The van der Waals surface area contributed by atoms with Crippen molar-refractivity contribution in [2.45, 2.75) is 0 Å². The number of allylic oxidation sites excluding steroid dienone is 2. The molecule has 0 heterocycles. The fourth-order valence-electron chi connectivity index (χ4n) is 1.23. The molecule has 1 rings (SSSR count). The van der Waals surface area contributed by atoms with Crippen LogP contribution in [0.15, 0.2) is 21.8 Å². The first kappa shape index (κ1) is 15.9. The maximum absolute atomic E-state index is 13.8. The van der Waals surface area contributed by atoms with E-state index < -0.39 is 11.4 Å². The Morgan fingerprint density at radius 1 is 1.20 bits per heavy atom. The van der Waals surface area contributed by atoms with Crippen molar-refractivity contribution in [1.29, 1.82) is 21.0 Å². The molecule has 0 aromatic heterocycles. The van der Waals surface area contributed by atoms with Crippen LogP contribution in [0.5, 0.6) is 0 Å². The summed E-state index contributed by atoms with van der Waals surface area (Å²) in [5.41, 5.74) is -1.07. The molecular formula is C12H2BrFIN5. The standard InChI is InChI=1S/C12H2BrFIN5/c13-8-1-9(15)12(7(4-18)11(8)14)20-10(5-19)6(2-16)3-17/h1,20H. The van der Waals surface area contributed by atoms with E-state index in [-0.39, 0.29) is 21.4 Å². The van der Waals surface area contributed by atoms with Crippen LogP contribution in [0.1, 0.15) is 5.56 Å². The van der Waals surface area contributed by atoms with Crippen LogP contribution < -0.4 is 5.32 Å². The summed E-state index contributed by atoms with van der Waals surface area (Å²) >= 11 is 4.81. The third-order valence-corrected chi connectivity index (χ3v) is 3.55. The molecule has 0 bridgehead atoms. The van der Waals surface area contributed by atoms with Crippen LogP contribution in [-0.4, -0.2) is 0 Å². The third-order valence-electron chi connectivity index (χ3n) is 2.12. The van der Waals surface area contributed by atoms with Crippen LogP contribution >= 0.6 is 38.5 Å². The highest BCUT2D eigenvalue weighted by atomic mass is 127. The summed E-state index contributed by atoms with van der Waals surface area (Å²) in [5.74, 6) is -0.789. The first-order chi connectivity index (χ1) is 9.49. The molecule has 1 aromatic rings. The Hall–Kier alpha value is -2.14. The largest absolute Gasteiger partial charge is 0.343 e. The van der Waals surface area contributed by atoms with E-state index in [1.54, 1.807) is 24.3 Å². The molecule has 0 saturated heterocycles. The van der Waals surface area contributed by atoms with Gasteiger partial charge in [-0.3, -0.25) is 0 Å². The van der Waals surface area contributed by atoms with Crippen LogP contribution in [0.2, 0.25) is 0 Å². The van der Waals surface area contributed by atoms with E-state index in [2.05, 4.69) is 21.2 Å². The molecule has 0 aliphatic carbocycles. The summed E-state index contributed by atoms with van der Waals surface area (Å²) in [5, 5.41) is 37.9. The SMILES string of the molecule is N#CC(C#N)=C(C#N)Nc1c(I)cc(Br)c(F)c1C#N. The van der Waals surface area contributed by atoms with E-state index in [9.17, 15) is 4.39 Å². The second-order valence-corrected chi connectivity index (χ2v) is 5.24. The van der Waals surface area contributed by atoms with Gasteiger partial charge in [-0.2, -0.15) is 21.0 Å². The minimum atomic E-state index is -0.789. The van der Waals surface area contributed by atoms with Crippen molar-refractivity contribution in [3.63, 3.8) is 0 Å². The molecule has 0 radical (unpaired) electrons. The zero-order valence-corrected chi connectivity index (χ0v) is 13.2. The summed E-state index contributed by atoms with van der Waals surface area (Å²) in [6, 6.07) is 7.83. The van der Waals surface area contributed by atoms with Gasteiger partial charge in [0.25, 0.3) is 0 Å². The van der Waals surface area contributed by atoms with Crippen molar-refractivity contribution in [1.82, 2.24) is 0 Å². The number of benzene rings is 1. The number of nitriles is 4. The van der Waals surface area contributed by atoms with Crippen LogP contribution in [0.4, 0.5) is 10.1 Å². The highest BCUT2D eigenvalue weighted by molar-refractivity contribution is 14.1. The lowest BCUT2D eigenvalue weighted by Crippen LogP contribution is -2.06. The molecule has 5 nitrogen and oxygen atoms in total. The molecule has 1 aromatic carbocycles. The lowest BCUT2D eigenvalue weighted by atomic mass is 10.1. The van der Waals surface area contributed by atoms with Gasteiger partial charge in [-0.25, -0.2) is 4.39 Å². The summed E-state index contributed by atoms with van der Waals surface area (Å²) in [4.78, 5) is 0. The van der Waals surface area contributed by atoms with Gasteiger partial charge in [-0.1, -0.05) is 0 Å². The Bertz CT molecular complexity index is 757. The van der Waals surface area contributed by atoms with E-state index in [1.165, 1.54) is 6.07 Å². The van der Waals surface area contributed by atoms with Crippen molar-refractivity contribution < 1.29 is 4.39 Å². The van der Waals surface area contributed by atoms with Crippen LogP contribution in [0.3, 0.4) is 0 Å². The quantitative estimate of drug-likeness (QED) is 0.430. The minimum Gasteiger partial charge on any atom is -0.343 e. The van der Waals surface area contributed by atoms with Crippen molar-refractivity contribution in [2.24, 2.45) is 0 Å². The molecule has 0 aliphatic heterocycles. The Kier molecular flexibility index (Phi) is 5.46. The van der Waals surface area contributed by atoms with Gasteiger partial charge in [-0.05, 0) is 44.6 Å². The average Bonchev–Trinajstić information content (AvgIpc) is 2.44. The number of anilines is 1. The normalized spacial score (nSPS) is 8.55. The number of hydrogen-bond acceptors (Lipinski definition) is 5. The molecule has 0 aliphatic rings. The Morgan fingerprint density at radius 2 is 1.80 bits per heavy atom. The molecule has 8 heteroatoms. The van der Waals surface area contributed by atoms with E-state index in [0.717, 1.165) is 0 Å². The average molecular weight is 442 g/mol. The van der Waals surface area contributed by atoms with Gasteiger partial charge >= 0.3 is 0 Å². The monoisotopic (exact) mass is 441 g/mol. The zero-order valence-electron chi connectivity index (χ0n) is 9.50. The molecular weight excluding hydrogens is 440 g/mol. The lowest BCUT2D eigenvalue weighted by molar-refractivity contribution is 0.617. The van der Waals surface area contributed by atoms with Crippen molar-refractivity contribution in [2.75, 3.05) is 5.32 Å². The first-order valence-electron chi connectivity index (χ1n) is 4.79. The number of rotatable bonds is 2. The topological polar surface area (TPSA) is 107 Å². The summed E-state index contributed by atoms with van der Waals surface area (Å²) in [7, 11) is 0.